The fourth-order valence-corrected chi connectivity index (χ4v) is 1.77. The molecule has 0 spiro atoms. The summed E-state index contributed by atoms with van der Waals surface area (Å²) >= 11 is 0. The molecule has 18 heavy (non-hydrogen) atoms. The minimum absolute atomic E-state index is 0.717. The second-order valence-electron chi connectivity index (χ2n) is 4.58. The summed E-state index contributed by atoms with van der Waals surface area (Å²) in [5.74, 6) is 0. The smallest absolute Gasteiger partial charge is 0.0633 e. The summed E-state index contributed by atoms with van der Waals surface area (Å²) in [4.78, 5) is 4.64. The third-order valence-corrected chi connectivity index (χ3v) is 2.92. The predicted molar refractivity (Wildman–Crippen MR) is 80.3 cm³/mol. The molecule has 98 valence electrons. The topological polar surface area (TPSA) is 36.2 Å². The van der Waals surface area contributed by atoms with Gasteiger partial charge in [-0.2, -0.15) is 0 Å². The van der Waals surface area contributed by atoms with Crippen LogP contribution in [0.15, 0.2) is 35.3 Å². The molecule has 0 atom stereocenters. The first-order valence-electron chi connectivity index (χ1n) is 6.98. The van der Waals surface area contributed by atoms with Gasteiger partial charge in [0.15, 0.2) is 0 Å². The number of nitrogens with one attached hydrogen (secondary N) is 1. The first-order chi connectivity index (χ1) is 8.77. The van der Waals surface area contributed by atoms with Crippen LogP contribution < -0.4 is 0 Å². The molecule has 0 saturated heterocycles. The molecule has 0 aliphatic carbocycles. The van der Waals surface area contributed by atoms with Crippen LogP contribution >= 0.6 is 0 Å². The van der Waals surface area contributed by atoms with Gasteiger partial charge < -0.3 is 5.41 Å². The molecule has 1 aromatic rings. The summed E-state index contributed by atoms with van der Waals surface area (Å²) in [5, 5.41) is 8.15. The first-order valence-corrected chi connectivity index (χ1v) is 6.98. The van der Waals surface area contributed by atoms with Gasteiger partial charge in [0.25, 0.3) is 0 Å². The standard InChI is InChI=1S/C16H24N2/c1-3-5-12-15(17)16(13-6-4-2)18-14-10-8-7-9-11-14/h7-11,17H,3-6,12-13H2,1-2H3. The van der Waals surface area contributed by atoms with E-state index in [0.717, 1.165) is 49.9 Å². The largest absolute Gasteiger partial charge is 0.303 e. The molecule has 0 unspecified atom stereocenters. The van der Waals surface area contributed by atoms with Gasteiger partial charge in [-0.25, -0.2) is 0 Å². The normalized spacial score (nSPS) is 11.6. The monoisotopic (exact) mass is 244 g/mol. The average Bonchev–Trinajstić information content (AvgIpc) is 2.42. The van der Waals surface area contributed by atoms with E-state index in [1.165, 1.54) is 0 Å². The van der Waals surface area contributed by atoms with E-state index in [1.54, 1.807) is 0 Å². The zero-order chi connectivity index (χ0) is 13.2. The summed E-state index contributed by atoms with van der Waals surface area (Å²) < 4.78 is 0. The van der Waals surface area contributed by atoms with Gasteiger partial charge in [0.05, 0.1) is 17.1 Å². The number of para-hydroxylation sites is 1. The number of benzene rings is 1. The fraction of sp³-hybridized carbons (Fsp3) is 0.500. The van der Waals surface area contributed by atoms with Gasteiger partial charge in [-0.15, -0.1) is 0 Å². The fourth-order valence-electron chi connectivity index (χ4n) is 1.77. The highest BCUT2D eigenvalue weighted by atomic mass is 14.8. The summed E-state index contributed by atoms with van der Waals surface area (Å²) in [6.07, 6.45) is 6.25. The minimum Gasteiger partial charge on any atom is -0.303 e. The van der Waals surface area contributed by atoms with Crippen molar-refractivity contribution < 1.29 is 0 Å². The molecule has 0 aliphatic heterocycles. The van der Waals surface area contributed by atoms with E-state index in [9.17, 15) is 0 Å². The molecule has 1 rings (SSSR count). The van der Waals surface area contributed by atoms with Crippen molar-refractivity contribution in [2.45, 2.75) is 52.4 Å². The van der Waals surface area contributed by atoms with Gasteiger partial charge in [0.2, 0.25) is 0 Å². The highest BCUT2D eigenvalue weighted by molar-refractivity contribution is 6.41. The summed E-state index contributed by atoms with van der Waals surface area (Å²) in [7, 11) is 0. The maximum Gasteiger partial charge on any atom is 0.0633 e. The molecule has 0 aliphatic rings. The van der Waals surface area contributed by atoms with Crippen LogP contribution in [0.3, 0.4) is 0 Å². The Kier molecular flexibility index (Phi) is 7.00. The van der Waals surface area contributed by atoms with E-state index in [1.807, 2.05) is 30.3 Å². The maximum atomic E-state index is 8.15. The second-order valence-corrected chi connectivity index (χ2v) is 4.58. The summed E-state index contributed by atoms with van der Waals surface area (Å²) in [5.41, 5.74) is 2.65. The second kappa shape index (κ2) is 8.62. The van der Waals surface area contributed by atoms with Crippen LogP contribution in [-0.2, 0) is 0 Å². The Morgan fingerprint density at radius 1 is 1.00 bits per heavy atom. The number of hydrogen-bond donors (Lipinski definition) is 1. The Hall–Kier alpha value is -1.44. The van der Waals surface area contributed by atoms with Gasteiger partial charge in [0.1, 0.15) is 0 Å². The van der Waals surface area contributed by atoms with Gasteiger partial charge in [-0.3, -0.25) is 4.99 Å². The van der Waals surface area contributed by atoms with E-state index >= 15 is 0 Å². The van der Waals surface area contributed by atoms with Crippen LogP contribution in [-0.4, -0.2) is 11.4 Å². The Morgan fingerprint density at radius 3 is 2.22 bits per heavy atom. The van der Waals surface area contributed by atoms with E-state index in [4.69, 9.17) is 5.41 Å². The van der Waals surface area contributed by atoms with Gasteiger partial charge in [-0.05, 0) is 37.8 Å². The van der Waals surface area contributed by atoms with Crippen LogP contribution in [0.1, 0.15) is 52.4 Å². The van der Waals surface area contributed by atoms with Crippen molar-refractivity contribution in [2.75, 3.05) is 0 Å². The van der Waals surface area contributed by atoms with Crippen LogP contribution in [0, 0.1) is 5.41 Å². The van der Waals surface area contributed by atoms with Crippen LogP contribution in [0.5, 0.6) is 0 Å². The van der Waals surface area contributed by atoms with Gasteiger partial charge in [-0.1, -0.05) is 44.9 Å². The quantitative estimate of drug-likeness (QED) is 0.613. The van der Waals surface area contributed by atoms with Crippen LogP contribution in [0.4, 0.5) is 5.69 Å². The van der Waals surface area contributed by atoms with E-state index in [-0.39, 0.29) is 0 Å². The third-order valence-electron chi connectivity index (χ3n) is 2.92. The Balaban J connectivity index is 2.77. The molecule has 1 N–H and O–H groups in total. The zero-order valence-corrected chi connectivity index (χ0v) is 11.6. The number of aliphatic imine (C=N–C) groups is 1. The molecule has 0 saturated carbocycles. The lowest BCUT2D eigenvalue weighted by Gasteiger charge is -2.07. The van der Waals surface area contributed by atoms with Crippen molar-refractivity contribution in [3.05, 3.63) is 30.3 Å². The van der Waals surface area contributed by atoms with Gasteiger partial charge in [0, 0.05) is 0 Å². The van der Waals surface area contributed by atoms with Crippen molar-refractivity contribution in [1.29, 1.82) is 5.41 Å². The molecule has 0 radical (unpaired) electrons. The molecule has 0 amide bonds. The lowest BCUT2D eigenvalue weighted by Crippen LogP contribution is -2.12. The molecule has 2 heteroatoms. The third kappa shape index (κ3) is 5.26. The van der Waals surface area contributed by atoms with E-state index in [2.05, 4.69) is 18.8 Å². The molecule has 0 bridgehead atoms. The molecule has 1 aromatic carbocycles. The Morgan fingerprint density at radius 2 is 1.61 bits per heavy atom. The van der Waals surface area contributed by atoms with Crippen molar-refractivity contribution in [3.63, 3.8) is 0 Å². The molecular weight excluding hydrogens is 220 g/mol. The summed E-state index contributed by atoms with van der Waals surface area (Å²) in [6.45, 7) is 4.34. The number of nitrogens with zero attached hydrogens (tertiary/aromatic N) is 1. The molecule has 0 heterocycles. The molecule has 2 nitrogen and oxygen atoms in total. The van der Waals surface area contributed by atoms with E-state index in [0.29, 0.717) is 5.71 Å². The average molecular weight is 244 g/mol. The molecular formula is C16H24N2. The van der Waals surface area contributed by atoms with Crippen molar-refractivity contribution in [1.82, 2.24) is 0 Å². The summed E-state index contributed by atoms with van der Waals surface area (Å²) in [6, 6.07) is 9.98. The lowest BCUT2D eigenvalue weighted by molar-refractivity contribution is 0.822. The van der Waals surface area contributed by atoms with E-state index < -0.39 is 0 Å². The SMILES string of the molecule is CCCCC(=N)C(CCCC)=Nc1ccccc1. The van der Waals surface area contributed by atoms with Crippen LogP contribution in [0.25, 0.3) is 0 Å². The minimum atomic E-state index is 0.717. The first kappa shape index (κ1) is 14.6. The predicted octanol–water partition coefficient (Wildman–Crippen LogP) is 5.16. The highest BCUT2D eigenvalue weighted by Gasteiger charge is 2.06. The lowest BCUT2D eigenvalue weighted by atomic mass is 10.0. The molecule has 0 fully saturated rings. The Bertz CT molecular complexity index is 379. The number of unbranched alkanes of at least 4 members (excludes halogenated alkanes) is 2. The van der Waals surface area contributed by atoms with Gasteiger partial charge >= 0.3 is 0 Å². The molecule has 0 aromatic heterocycles. The Labute approximate surface area is 111 Å². The van der Waals surface area contributed by atoms with Crippen LogP contribution in [0.2, 0.25) is 0 Å². The number of hydrogen-bond acceptors (Lipinski definition) is 2. The zero-order valence-electron chi connectivity index (χ0n) is 11.6. The van der Waals surface area contributed by atoms with Crippen molar-refractivity contribution in [2.24, 2.45) is 4.99 Å². The highest BCUT2D eigenvalue weighted by Crippen LogP contribution is 2.14. The maximum absolute atomic E-state index is 8.15. The number of rotatable bonds is 8. The van der Waals surface area contributed by atoms with Crippen molar-refractivity contribution in [3.8, 4) is 0 Å². The van der Waals surface area contributed by atoms with Crippen molar-refractivity contribution >= 4 is 17.1 Å².